The summed E-state index contributed by atoms with van der Waals surface area (Å²) in [5, 5.41) is 3.80. The molecule has 6 aliphatic rings. The van der Waals surface area contributed by atoms with Crippen molar-refractivity contribution in [1.29, 1.82) is 0 Å². The molecule has 5 saturated heterocycles. The Balaban J connectivity index is 0.786. The first-order chi connectivity index (χ1) is 45.2. The van der Waals surface area contributed by atoms with Gasteiger partial charge in [0.25, 0.3) is 5.91 Å². The van der Waals surface area contributed by atoms with Crippen molar-refractivity contribution in [2.24, 2.45) is 17.3 Å². The zero-order valence-corrected chi connectivity index (χ0v) is 59.4. The average molecular weight is 1320 g/mol. The summed E-state index contributed by atoms with van der Waals surface area (Å²) < 4.78 is 59.0. The van der Waals surface area contributed by atoms with E-state index in [1.807, 2.05) is 49.6 Å². The van der Waals surface area contributed by atoms with E-state index in [4.69, 9.17) is 33.9 Å². The number of methoxy groups -OCH3 is 1. The highest BCUT2D eigenvalue weighted by Crippen LogP contribution is 2.49. The maximum Gasteiger partial charge on any atom is 0.411 e. The standard InChI is InChI=1S/C74H100F2N10O8Si/c1-14-74-26-21-55(86(74)71(90)94-72(10,11)12)43-84(45-74)67-59-40-77-65(58-39-56(93-46-91-13)37-53-17-18-60(75)57(63(53)58)23-36-95(47(2)3,48(4)5)49(6)7)64(76)66(59)79-69(80-67)92-44-50(8)41-81-32-34-82(35-33-81)42-52-19-24-73(25-20-52)27-30-83(31-28-73)68(88)54-16-15-51(9)61(38-54)85-29-22-62(87)78-70(85)89/h15-18,37-40,47-50,52,55H,14,19-22,24-35,41-46H2,1-13H3,(H,78,87,89)/t50-,55?,74?/m1/s1. The minimum absolute atomic E-state index is 0.00444. The quantitative estimate of drug-likeness (QED) is 0.0498. The number of nitrogens with zero attached hydrogens (tertiary/aromatic N) is 9. The fourth-order valence-electron chi connectivity index (χ4n) is 16.8. The molecule has 5 aliphatic heterocycles. The molecule has 3 atom stereocenters. The summed E-state index contributed by atoms with van der Waals surface area (Å²) >= 11 is 0. The Morgan fingerprint density at radius 2 is 1.55 bits per heavy atom. The van der Waals surface area contributed by atoms with Crippen LogP contribution in [-0.2, 0) is 14.3 Å². The largest absolute Gasteiger partial charge is 0.468 e. The van der Waals surface area contributed by atoms with Gasteiger partial charge in [-0.1, -0.05) is 73.4 Å². The van der Waals surface area contributed by atoms with Gasteiger partial charge in [-0.25, -0.2) is 18.4 Å². The average Bonchev–Trinajstić information content (AvgIpc) is 1.70. The highest BCUT2D eigenvalue weighted by Gasteiger charge is 2.54. The number of ether oxygens (including phenoxy) is 4. The van der Waals surface area contributed by atoms with Crippen molar-refractivity contribution in [1.82, 2.24) is 39.9 Å². The summed E-state index contributed by atoms with van der Waals surface area (Å²) in [5.74, 6) is 3.40. The topological polar surface area (TPSA) is 175 Å². The zero-order chi connectivity index (χ0) is 67.9. The second-order valence-electron chi connectivity index (χ2n) is 30.2. The summed E-state index contributed by atoms with van der Waals surface area (Å²) in [7, 11) is -0.838. The van der Waals surface area contributed by atoms with Crippen LogP contribution in [0.2, 0.25) is 16.6 Å². The molecule has 11 rings (SSSR count). The third-order valence-corrected chi connectivity index (χ3v) is 28.3. The Hall–Kier alpha value is -6.99. The number of likely N-dealkylation sites (tertiary alicyclic amines) is 1. The van der Waals surface area contributed by atoms with E-state index in [2.05, 4.69) is 86.9 Å². The lowest BCUT2D eigenvalue weighted by atomic mass is 9.65. The number of piperazine rings is 2. The van der Waals surface area contributed by atoms with Crippen LogP contribution >= 0.6 is 0 Å². The fraction of sp³-hybridized carbons (Fsp3) is 0.608. The van der Waals surface area contributed by atoms with Crippen molar-refractivity contribution in [2.45, 2.75) is 181 Å². The highest BCUT2D eigenvalue weighted by molar-refractivity contribution is 6.90. The third-order valence-electron chi connectivity index (χ3n) is 22.0. The predicted molar refractivity (Wildman–Crippen MR) is 371 cm³/mol. The lowest BCUT2D eigenvalue weighted by molar-refractivity contribution is -0.120. The number of fused-ring (bicyclic) bond motifs is 4. The van der Waals surface area contributed by atoms with Crippen molar-refractivity contribution >= 4 is 65.2 Å². The van der Waals surface area contributed by atoms with Gasteiger partial charge in [0.15, 0.2) is 12.6 Å². The number of carbonyl (C=O) groups excluding carboxylic acids is 4. The van der Waals surface area contributed by atoms with Gasteiger partial charge in [-0.05, 0) is 155 Å². The number of anilines is 2. The zero-order valence-electron chi connectivity index (χ0n) is 58.4. The lowest BCUT2D eigenvalue weighted by Crippen LogP contribution is -2.64. The summed E-state index contributed by atoms with van der Waals surface area (Å²) in [5.41, 5.74) is 6.14. The number of aromatic nitrogens is 3. The van der Waals surface area contributed by atoms with Crippen molar-refractivity contribution in [3.63, 3.8) is 0 Å². The Labute approximate surface area is 561 Å². The molecule has 0 radical (unpaired) electrons. The van der Waals surface area contributed by atoms with Gasteiger partial charge >= 0.3 is 18.1 Å². The first kappa shape index (κ1) is 69.4. The number of nitrogens with one attached hydrogen (secondary N) is 1. The number of aryl methyl sites for hydroxylation is 1. The van der Waals surface area contributed by atoms with Gasteiger partial charge in [0, 0.05) is 120 Å². The molecule has 5 amide bonds. The number of amides is 5. The van der Waals surface area contributed by atoms with E-state index in [0.29, 0.717) is 86.6 Å². The van der Waals surface area contributed by atoms with E-state index in [1.165, 1.54) is 38.9 Å². The molecule has 2 aromatic heterocycles. The first-order valence-corrected chi connectivity index (χ1v) is 37.1. The molecule has 7 heterocycles. The summed E-state index contributed by atoms with van der Waals surface area (Å²) in [6.45, 7) is 33.6. The number of carbonyl (C=O) groups is 4. The van der Waals surface area contributed by atoms with Crippen LogP contribution < -0.4 is 24.6 Å². The molecule has 3 aromatic carbocycles. The molecule has 512 valence electrons. The van der Waals surface area contributed by atoms with Crippen LogP contribution in [0.15, 0.2) is 48.7 Å². The number of pyridine rings is 1. The van der Waals surface area contributed by atoms with Crippen molar-refractivity contribution in [3.05, 3.63) is 77.0 Å². The van der Waals surface area contributed by atoms with Crippen molar-refractivity contribution < 1.29 is 46.9 Å². The van der Waals surface area contributed by atoms with Crippen molar-refractivity contribution in [2.75, 3.05) is 102 Å². The highest BCUT2D eigenvalue weighted by atomic mass is 28.3. The number of rotatable bonds is 18. The molecule has 1 N–H and O–H groups in total. The van der Waals surface area contributed by atoms with E-state index >= 15 is 8.78 Å². The number of piperidine rings is 1. The van der Waals surface area contributed by atoms with Crippen LogP contribution in [-0.4, -0.2) is 176 Å². The van der Waals surface area contributed by atoms with Gasteiger partial charge < -0.3 is 38.5 Å². The van der Waals surface area contributed by atoms with Gasteiger partial charge in [0.05, 0.1) is 29.1 Å². The van der Waals surface area contributed by atoms with Crippen LogP contribution in [0.3, 0.4) is 0 Å². The molecule has 1 aliphatic carbocycles. The predicted octanol–water partition coefficient (Wildman–Crippen LogP) is 13.5. The minimum atomic E-state index is -2.36. The van der Waals surface area contributed by atoms with Crippen molar-refractivity contribution in [3.8, 4) is 34.5 Å². The number of imide groups is 1. The molecule has 5 aromatic rings. The summed E-state index contributed by atoms with van der Waals surface area (Å²) in [6.07, 6.45) is 10.4. The molecule has 21 heteroatoms. The molecule has 6 fully saturated rings. The Bertz CT molecular complexity index is 3730. The SMILES string of the molecule is CCC12CCC(CN(c3nc(OC[C@H](C)CN4CCN(CC5CCC6(CC5)CCN(C(=O)c5ccc(C)c(N7CCC(=O)NC7=O)c5)CC6)CC4)nc4c(F)c(-c5cc(OCOC)cc6ccc(F)c(C#C[Si](C(C)C)(C(C)C)C(C)C)c56)ncc34)C1)N2C(=O)OC(C)(C)C. The van der Waals surface area contributed by atoms with Gasteiger partial charge in [-0.15, -0.1) is 5.54 Å². The van der Waals surface area contributed by atoms with E-state index in [1.54, 1.807) is 35.4 Å². The van der Waals surface area contributed by atoms with Crippen LogP contribution in [0.4, 0.5) is 29.9 Å². The van der Waals surface area contributed by atoms with E-state index in [-0.39, 0.29) is 84.4 Å². The van der Waals surface area contributed by atoms with Crippen LogP contribution in [0, 0.1) is 47.3 Å². The number of halogens is 2. The summed E-state index contributed by atoms with van der Waals surface area (Å²) in [4.78, 5) is 80.1. The maximum absolute atomic E-state index is 18.4. The molecule has 18 nitrogen and oxygen atoms in total. The maximum atomic E-state index is 18.4. The smallest absolute Gasteiger partial charge is 0.411 e. The Kier molecular flexibility index (Phi) is 20.6. The van der Waals surface area contributed by atoms with Crippen LogP contribution in [0.25, 0.3) is 32.9 Å². The monoisotopic (exact) mass is 1320 g/mol. The normalized spacial score (nSPS) is 21.1. The van der Waals surface area contributed by atoms with Gasteiger partial charge in [0.2, 0.25) is 5.91 Å². The Morgan fingerprint density at radius 1 is 0.842 bits per heavy atom. The molecule has 2 unspecified atom stereocenters. The van der Waals surface area contributed by atoms with Gasteiger partial charge in [-0.2, -0.15) is 9.97 Å². The van der Waals surface area contributed by atoms with Crippen LogP contribution in [0.5, 0.6) is 11.8 Å². The number of hydrogen-bond donors (Lipinski definition) is 1. The number of urea groups is 1. The molecule has 2 bridgehead atoms. The van der Waals surface area contributed by atoms with Gasteiger partial charge in [-0.3, -0.25) is 29.7 Å². The summed E-state index contributed by atoms with van der Waals surface area (Å²) in [6, 6.07) is 11.5. The van der Waals surface area contributed by atoms with Crippen LogP contribution in [0.1, 0.15) is 162 Å². The first-order valence-electron chi connectivity index (χ1n) is 34.9. The second kappa shape index (κ2) is 28.2. The Morgan fingerprint density at radius 3 is 2.21 bits per heavy atom. The minimum Gasteiger partial charge on any atom is -0.468 e. The molecule has 1 spiro atoms. The number of benzene rings is 3. The third kappa shape index (κ3) is 14.4. The fourth-order valence-corrected chi connectivity index (χ4v) is 22.0. The lowest BCUT2D eigenvalue weighted by Gasteiger charge is -2.49. The molecular formula is C74H100F2N10O8Si. The number of hydrogen-bond acceptors (Lipinski definition) is 14. The molecule has 95 heavy (non-hydrogen) atoms. The van der Waals surface area contributed by atoms with Gasteiger partial charge in [0.1, 0.15) is 42.3 Å². The molecule has 1 saturated carbocycles. The van der Waals surface area contributed by atoms with E-state index in [9.17, 15) is 19.2 Å². The second-order valence-corrected chi connectivity index (χ2v) is 35.8. The molecular weight excluding hydrogens is 1220 g/mol. The van der Waals surface area contributed by atoms with E-state index in [0.717, 1.165) is 83.6 Å². The van der Waals surface area contributed by atoms with E-state index < -0.39 is 36.9 Å².